The quantitative estimate of drug-likeness (QED) is 0.528. The molecule has 2 aromatic carbocycles. The Kier molecular flexibility index (Phi) is 9.85. The van der Waals surface area contributed by atoms with Crippen LogP contribution in [-0.2, 0) is 16.4 Å². The molecule has 0 heterocycles. The Bertz CT molecular complexity index is 1040. The molecule has 0 aliphatic rings. The molecule has 0 saturated heterocycles. The summed E-state index contributed by atoms with van der Waals surface area (Å²) in [4.78, 5) is 0. The highest BCUT2D eigenvalue weighted by Crippen LogP contribution is 2.28. The molecular weight excluding hydrogens is 448 g/mol. The molecule has 0 saturated carbocycles. The molecule has 2 aromatic rings. The van der Waals surface area contributed by atoms with Crippen LogP contribution in [0.15, 0.2) is 42.5 Å². The Morgan fingerprint density at radius 3 is 2.38 bits per heavy atom. The molecule has 0 aromatic heterocycles. The lowest BCUT2D eigenvalue weighted by Crippen LogP contribution is -2.47. The first-order chi connectivity index (χ1) is 15.2. The third-order valence-corrected chi connectivity index (χ3v) is 6.59. The normalized spacial score (nSPS) is 12.4. The monoisotopic (exact) mass is 478 g/mol. The van der Waals surface area contributed by atoms with Gasteiger partial charge in [0, 0.05) is 29.7 Å². The number of sulfonamides is 1. The minimum atomic E-state index is -3.38. The molecule has 0 fully saturated rings. The fraction of sp³-hybridized carbons (Fsp3) is 0.417. The summed E-state index contributed by atoms with van der Waals surface area (Å²) < 4.78 is 37.3. The van der Waals surface area contributed by atoms with Gasteiger partial charge in [-0.15, -0.1) is 0 Å². The van der Waals surface area contributed by atoms with E-state index in [1.165, 1.54) is 10.6 Å². The van der Waals surface area contributed by atoms with Crippen molar-refractivity contribution in [3.8, 4) is 23.3 Å². The Hall–Kier alpha value is -2.24. The van der Waals surface area contributed by atoms with Gasteiger partial charge in [-0.1, -0.05) is 43.4 Å². The first-order valence-electron chi connectivity index (χ1n) is 10.4. The van der Waals surface area contributed by atoms with E-state index in [4.69, 9.17) is 26.8 Å². The summed E-state index contributed by atoms with van der Waals surface area (Å²) in [6.07, 6.45) is 1.75. The number of methoxy groups -OCH3 is 1. The standard InChI is InChI=1S/C24H31ClN2O4S/c1-18(2)22(17-26)27(32(4,28)29)14-13-20-9-12-23(24(16-20)30-3)31-15-5-6-19-7-10-21(25)11-8-19/h7-12,16,18,22H,13-15,17,26H2,1-4H3/t22-/m1/s1. The number of nitrogens with zero attached hydrogens (tertiary/aromatic N) is 1. The molecule has 174 valence electrons. The van der Waals surface area contributed by atoms with Gasteiger partial charge in [-0.2, -0.15) is 4.31 Å². The van der Waals surface area contributed by atoms with Gasteiger partial charge in [0.1, 0.15) is 6.61 Å². The van der Waals surface area contributed by atoms with Crippen molar-refractivity contribution in [2.24, 2.45) is 11.7 Å². The predicted molar refractivity (Wildman–Crippen MR) is 130 cm³/mol. The Balaban J connectivity index is 2.05. The van der Waals surface area contributed by atoms with E-state index in [1.807, 2.05) is 44.2 Å². The van der Waals surface area contributed by atoms with E-state index in [2.05, 4.69) is 11.8 Å². The minimum absolute atomic E-state index is 0.119. The second kappa shape index (κ2) is 12.1. The molecule has 2 N–H and O–H groups in total. The second-order valence-electron chi connectivity index (χ2n) is 7.75. The van der Waals surface area contributed by atoms with E-state index in [0.717, 1.165) is 11.1 Å². The van der Waals surface area contributed by atoms with Crippen LogP contribution in [0.1, 0.15) is 25.0 Å². The van der Waals surface area contributed by atoms with Gasteiger partial charge in [0.05, 0.1) is 13.4 Å². The number of nitrogens with two attached hydrogens (primary N) is 1. The van der Waals surface area contributed by atoms with Crippen molar-refractivity contribution >= 4 is 21.6 Å². The maximum absolute atomic E-state index is 12.3. The number of ether oxygens (including phenoxy) is 2. The molecule has 0 bridgehead atoms. The number of hydrogen-bond donors (Lipinski definition) is 1. The molecule has 0 aliphatic carbocycles. The van der Waals surface area contributed by atoms with E-state index >= 15 is 0 Å². The summed E-state index contributed by atoms with van der Waals surface area (Å²) >= 11 is 5.87. The van der Waals surface area contributed by atoms with Crippen LogP contribution in [0, 0.1) is 17.8 Å². The van der Waals surface area contributed by atoms with Crippen LogP contribution in [0.25, 0.3) is 0 Å². The maximum Gasteiger partial charge on any atom is 0.211 e. The Labute approximate surface area is 196 Å². The average Bonchev–Trinajstić information content (AvgIpc) is 2.74. The van der Waals surface area contributed by atoms with Crippen molar-refractivity contribution in [2.75, 3.05) is 33.1 Å². The van der Waals surface area contributed by atoms with Crippen LogP contribution < -0.4 is 15.2 Å². The fourth-order valence-corrected chi connectivity index (χ4v) is 4.68. The lowest BCUT2D eigenvalue weighted by Gasteiger charge is -2.31. The van der Waals surface area contributed by atoms with Gasteiger partial charge >= 0.3 is 0 Å². The number of rotatable bonds is 10. The Morgan fingerprint density at radius 1 is 1.12 bits per heavy atom. The summed E-state index contributed by atoms with van der Waals surface area (Å²) in [7, 11) is -1.81. The molecule has 32 heavy (non-hydrogen) atoms. The third kappa shape index (κ3) is 7.72. The molecular formula is C24H31ClN2O4S. The zero-order valence-electron chi connectivity index (χ0n) is 19.0. The van der Waals surface area contributed by atoms with Crippen molar-refractivity contribution < 1.29 is 17.9 Å². The molecule has 0 radical (unpaired) electrons. The minimum Gasteiger partial charge on any atom is -0.493 e. The lowest BCUT2D eigenvalue weighted by atomic mass is 10.0. The summed E-state index contributed by atoms with van der Waals surface area (Å²) in [5, 5.41) is 0.666. The first-order valence-corrected chi connectivity index (χ1v) is 12.6. The summed E-state index contributed by atoms with van der Waals surface area (Å²) in [5.41, 5.74) is 7.64. The largest absolute Gasteiger partial charge is 0.493 e. The van der Waals surface area contributed by atoms with Crippen molar-refractivity contribution in [2.45, 2.75) is 26.3 Å². The van der Waals surface area contributed by atoms with Crippen LogP contribution >= 0.6 is 11.6 Å². The highest BCUT2D eigenvalue weighted by molar-refractivity contribution is 7.88. The number of halogens is 1. The van der Waals surface area contributed by atoms with Crippen LogP contribution in [-0.4, -0.2) is 51.8 Å². The molecule has 0 unspecified atom stereocenters. The average molecular weight is 479 g/mol. The topological polar surface area (TPSA) is 81.9 Å². The van der Waals surface area contributed by atoms with E-state index in [0.29, 0.717) is 29.5 Å². The van der Waals surface area contributed by atoms with Gasteiger partial charge in [-0.25, -0.2) is 8.42 Å². The molecule has 0 aliphatic heterocycles. The van der Waals surface area contributed by atoms with Crippen LogP contribution in [0.4, 0.5) is 0 Å². The molecule has 8 heteroatoms. The van der Waals surface area contributed by atoms with Gasteiger partial charge < -0.3 is 15.2 Å². The van der Waals surface area contributed by atoms with Gasteiger partial charge in [-0.3, -0.25) is 0 Å². The Morgan fingerprint density at radius 2 is 1.81 bits per heavy atom. The second-order valence-corrected chi connectivity index (χ2v) is 10.1. The maximum atomic E-state index is 12.3. The SMILES string of the molecule is COc1cc(CCN([C@H](CN)C(C)C)S(C)(=O)=O)ccc1OCC#Cc1ccc(Cl)cc1. The van der Waals surface area contributed by atoms with Crippen LogP contribution in [0.3, 0.4) is 0 Å². The van der Waals surface area contributed by atoms with E-state index < -0.39 is 10.0 Å². The van der Waals surface area contributed by atoms with Crippen LogP contribution in [0.5, 0.6) is 11.5 Å². The number of benzene rings is 2. The molecule has 2 rings (SSSR count). The van der Waals surface area contributed by atoms with Gasteiger partial charge in [0.15, 0.2) is 11.5 Å². The predicted octanol–water partition coefficient (Wildman–Crippen LogP) is 3.57. The van der Waals surface area contributed by atoms with E-state index in [1.54, 1.807) is 19.2 Å². The highest BCUT2D eigenvalue weighted by atomic mass is 35.5. The van der Waals surface area contributed by atoms with Gasteiger partial charge in [0.25, 0.3) is 0 Å². The first kappa shape index (κ1) is 26.0. The van der Waals surface area contributed by atoms with Crippen molar-refractivity contribution in [3.05, 3.63) is 58.6 Å². The van der Waals surface area contributed by atoms with E-state index in [-0.39, 0.29) is 25.1 Å². The van der Waals surface area contributed by atoms with Crippen molar-refractivity contribution in [1.82, 2.24) is 4.31 Å². The smallest absolute Gasteiger partial charge is 0.211 e. The summed E-state index contributed by atoms with van der Waals surface area (Å²) in [6.45, 7) is 4.76. The zero-order valence-corrected chi connectivity index (χ0v) is 20.5. The molecule has 0 amide bonds. The van der Waals surface area contributed by atoms with Crippen molar-refractivity contribution in [3.63, 3.8) is 0 Å². The summed E-state index contributed by atoms with van der Waals surface area (Å²) in [6, 6.07) is 12.6. The fourth-order valence-electron chi connectivity index (χ4n) is 3.31. The van der Waals surface area contributed by atoms with Gasteiger partial charge in [-0.05, 0) is 54.3 Å². The molecule has 6 nitrogen and oxygen atoms in total. The van der Waals surface area contributed by atoms with Gasteiger partial charge in [0.2, 0.25) is 10.0 Å². The van der Waals surface area contributed by atoms with Crippen molar-refractivity contribution in [1.29, 1.82) is 0 Å². The molecule has 1 atom stereocenters. The third-order valence-electron chi connectivity index (χ3n) is 5.03. The molecule has 0 spiro atoms. The zero-order chi connectivity index (χ0) is 23.7. The van der Waals surface area contributed by atoms with E-state index in [9.17, 15) is 8.42 Å². The highest BCUT2D eigenvalue weighted by Gasteiger charge is 2.27. The number of hydrogen-bond acceptors (Lipinski definition) is 5. The summed E-state index contributed by atoms with van der Waals surface area (Å²) in [5.74, 6) is 7.24. The van der Waals surface area contributed by atoms with Crippen LogP contribution in [0.2, 0.25) is 5.02 Å². The lowest BCUT2D eigenvalue weighted by molar-refractivity contribution is 0.267.